The molecule has 3 atom stereocenters. The highest BCUT2D eigenvalue weighted by molar-refractivity contribution is 5.85. The number of carboxylic acid groups (broad SMARTS) is 1. The van der Waals surface area contributed by atoms with Gasteiger partial charge in [-0.3, -0.25) is 4.79 Å². The van der Waals surface area contributed by atoms with Crippen LogP contribution in [0.15, 0.2) is 23.0 Å². The van der Waals surface area contributed by atoms with Crippen molar-refractivity contribution in [2.45, 2.75) is 38.1 Å². The maximum atomic E-state index is 12.3. The van der Waals surface area contributed by atoms with E-state index in [1.54, 1.807) is 17.4 Å². The van der Waals surface area contributed by atoms with Crippen LogP contribution in [0.4, 0.5) is 0 Å². The zero-order valence-corrected chi connectivity index (χ0v) is 11.3. The van der Waals surface area contributed by atoms with Crippen LogP contribution in [0, 0.1) is 11.8 Å². The predicted octanol–water partition coefficient (Wildman–Crippen LogP) is 1.92. The molecule has 0 bridgehead atoms. The van der Waals surface area contributed by atoms with E-state index in [1.165, 1.54) is 0 Å². The molecule has 0 radical (unpaired) electrons. The molecule has 108 valence electrons. The maximum Gasteiger partial charge on any atom is 0.326 e. The van der Waals surface area contributed by atoms with Crippen LogP contribution >= 0.6 is 0 Å². The van der Waals surface area contributed by atoms with Gasteiger partial charge in [0.05, 0.1) is 12.5 Å². The van der Waals surface area contributed by atoms with Crippen molar-refractivity contribution in [1.29, 1.82) is 0 Å². The van der Waals surface area contributed by atoms with Crippen LogP contribution in [-0.4, -0.2) is 34.5 Å². The number of carbonyl (C=O) groups excluding carboxylic acids is 1. The van der Waals surface area contributed by atoms with E-state index in [4.69, 9.17) is 4.42 Å². The number of furan rings is 1. The Hall–Kier alpha value is -1.78. The minimum Gasteiger partial charge on any atom is -0.480 e. The molecule has 0 spiro atoms. The molecule has 1 saturated carbocycles. The number of amides is 1. The minimum absolute atomic E-state index is 0.0481. The van der Waals surface area contributed by atoms with Crippen molar-refractivity contribution in [2.75, 3.05) is 6.54 Å². The summed E-state index contributed by atoms with van der Waals surface area (Å²) in [5.74, 6) is -0.358. The monoisotopic (exact) mass is 277 g/mol. The molecule has 0 aromatic carbocycles. The average molecular weight is 277 g/mol. The normalized spacial score (nSPS) is 28.6. The Morgan fingerprint density at radius 1 is 1.40 bits per heavy atom. The second kappa shape index (κ2) is 5.31. The van der Waals surface area contributed by atoms with Crippen molar-refractivity contribution in [3.8, 4) is 0 Å². The van der Waals surface area contributed by atoms with Crippen LogP contribution in [0.5, 0.6) is 0 Å². The molecule has 1 aromatic heterocycles. The van der Waals surface area contributed by atoms with Gasteiger partial charge in [-0.15, -0.1) is 0 Å². The zero-order chi connectivity index (χ0) is 14.1. The van der Waals surface area contributed by atoms with E-state index in [1.807, 2.05) is 6.07 Å². The third-order valence-corrected chi connectivity index (χ3v) is 4.67. The van der Waals surface area contributed by atoms with Crippen LogP contribution < -0.4 is 0 Å². The quantitative estimate of drug-likeness (QED) is 0.912. The Labute approximate surface area is 117 Å². The molecule has 5 heteroatoms. The Morgan fingerprint density at radius 3 is 2.95 bits per heavy atom. The van der Waals surface area contributed by atoms with Gasteiger partial charge in [-0.05, 0) is 42.7 Å². The molecule has 1 aliphatic heterocycles. The summed E-state index contributed by atoms with van der Waals surface area (Å²) in [5, 5.41) is 9.42. The van der Waals surface area contributed by atoms with Crippen molar-refractivity contribution in [2.24, 2.45) is 11.8 Å². The first-order valence-electron chi connectivity index (χ1n) is 7.20. The molecule has 5 nitrogen and oxygen atoms in total. The van der Waals surface area contributed by atoms with E-state index in [-0.39, 0.29) is 11.8 Å². The molecule has 1 N–H and O–H groups in total. The number of rotatable bonds is 4. The Morgan fingerprint density at radius 2 is 2.25 bits per heavy atom. The third kappa shape index (κ3) is 2.32. The Bertz CT molecular complexity index is 496. The fourth-order valence-electron chi connectivity index (χ4n) is 3.71. The summed E-state index contributed by atoms with van der Waals surface area (Å²) in [7, 11) is 0. The Balaban J connectivity index is 1.65. The summed E-state index contributed by atoms with van der Waals surface area (Å²) < 4.78 is 4.97. The van der Waals surface area contributed by atoms with Gasteiger partial charge >= 0.3 is 5.97 Å². The van der Waals surface area contributed by atoms with Gasteiger partial charge < -0.3 is 14.4 Å². The number of nitrogens with zero attached hydrogens (tertiary/aromatic N) is 1. The molecule has 20 heavy (non-hydrogen) atoms. The number of likely N-dealkylation sites (tertiary alicyclic amines) is 1. The lowest BCUT2D eigenvalue weighted by Gasteiger charge is -2.24. The van der Waals surface area contributed by atoms with E-state index >= 15 is 0 Å². The second-order valence-corrected chi connectivity index (χ2v) is 5.82. The Kier molecular flexibility index (Phi) is 3.51. The van der Waals surface area contributed by atoms with Crippen LogP contribution in [0.1, 0.15) is 31.2 Å². The van der Waals surface area contributed by atoms with Gasteiger partial charge in [-0.1, -0.05) is 6.42 Å². The number of aliphatic carboxylic acids is 1. The third-order valence-electron chi connectivity index (χ3n) is 4.67. The summed E-state index contributed by atoms with van der Waals surface area (Å²) in [6, 6.07) is 1.22. The first-order valence-corrected chi connectivity index (χ1v) is 7.20. The number of carbonyl (C=O) groups is 2. The fraction of sp³-hybridized carbons (Fsp3) is 0.600. The van der Waals surface area contributed by atoms with Crippen molar-refractivity contribution in [1.82, 2.24) is 4.90 Å². The standard InChI is InChI=1S/C15H19NO4/c17-13(5-4-10-6-7-20-9-10)16-8-11-2-1-3-12(11)14(16)15(18)19/h6-7,9,11-12,14H,1-5,8H2,(H,18,19)/t11-,12+,14+/m1/s1. The first kappa shape index (κ1) is 13.2. The summed E-state index contributed by atoms with van der Waals surface area (Å²) in [5.41, 5.74) is 0.976. The smallest absolute Gasteiger partial charge is 0.326 e. The SMILES string of the molecule is O=C(O)[C@@H]1[C@H]2CCC[C@@H]2CN1C(=O)CCc1ccoc1. The van der Waals surface area contributed by atoms with Gasteiger partial charge in [0.25, 0.3) is 0 Å². The van der Waals surface area contributed by atoms with Gasteiger partial charge in [0.15, 0.2) is 0 Å². The van der Waals surface area contributed by atoms with E-state index in [0.29, 0.717) is 25.3 Å². The zero-order valence-electron chi connectivity index (χ0n) is 11.3. The first-order chi connectivity index (χ1) is 9.66. The summed E-state index contributed by atoms with van der Waals surface area (Å²) in [6.07, 6.45) is 7.25. The van der Waals surface area contributed by atoms with E-state index in [0.717, 1.165) is 24.8 Å². The summed E-state index contributed by atoms with van der Waals surface area (Å²) in [6.45, 7) is 0.617. The van der Waals surface area contributed by atoms with Gasteiger partial charge in [0.1, 0.15) is 6.04 Å². The van der Waals surface area contributed by atoms with Crippen LogP contribution in [0.3, 0.4) is 0 Å². The molecule has 1 amide bonds. The molecule has 2 fully saturated rings. The van der Waals surface area contributed by atoms with Gasteiger partial charge in [0, 0.05) is 13.0 Å². The highest BCUT2D eigenvalue weighted by Crippen LogP contribution is 2.42. The van der Waals surface area contributed by atoms with Crippen molar-refractivity contribution < 1.29 is 19.1 Å². The minimum atomic E-state index is -0.851. The van der Waals surface area contributed by atoms with Gasteiger partial charge in [0.2, 0.25) is 5.91 Å². The van der Waals surface area contributed by atoms with Crippen molar-refractivity contribution in [3.63, 3.8) is 0 Å². The maximum absolute atomic E-state index is 12.3. The van der Waals surface area contributed by atoms with Crippen molar-refractivity contribution in [3.05, 3.63) is 24.2 Å². The molecule has 3 rings (SSSR count). The van der Waals surface area contributed by atoms with E-state index in [2.05, 4.69) is 0 Å². The highest BCUT2D eigenvalue weighted by Gasteiger charge is 2.49. The molecule has 1 saturated heterocycles. The lowest BCUT2D eigenvalue weighted by Crippen LogP contribution is -2.43. The summed E-state index contributed by atoms with van der Waals surface area (Å²) >= 11 is 0. The van der Waals surface area contributed by atoms with E-state index < -0.39 is 12.0 Å². The summed E-state index contributed by atoms with van der Waals surface area (Å²) in [4.78, 5) is 25.4. The number of hydrogen-bond acceptors (Lipinski definition) is 3. The average Bonchev–Trinajstić information content (AvgIpc) is 3.10. The molecule has 1 aromatic rings. The molecule has 1 aliphatic carbocycles. The van der Waals surface area contributed by atoms with Crippen LogP contribution in [-0.2, 0) is 16.0 Å². The number of hydrogen-bond donors (Lipinski definition) is 1. The lowest BCUT2D eigenvalue weighted by atomic mass is 9.94. The lowest BCUT2D eigenvalue weighted by molar-refractivity contribution is -0.149. The molecular formula is C15H19NO4. The number of aryl methyl sites for hydroxylation is 1. The highest BCUT2D eigenvalue weighted by atomic mass is 16.4. The molecular weight excluding hydrogens is 258 g/mol. The largest absolute Gasteiger partial charge is 0.480 e. The number of carboxylic acids is 1. The van der Waals surface area contributed by atoms with Gasteiger partial charge in [-0.25, -0.2) is 4.79 Å². The fourth-order valence-corrected chi connectivity index (χ4v) is 3.71. The number of fused-ring (bicyclic) bond motifs is 1. The van der Waals surface area contributed by atoms with Crippen LogP contribution in [0.25, 0.3) is 0 Å². The van der Waals surface area contributed by atoms with Gasteiger partial charge in [-0.2, -0.15) is 0 Å². The second-order valence-electron chi connectivity index (χ2n) is 5.82. The molecule has 0 unspecified atom stereocenters. The molecule has 2 heterocycles. The molecule has 2 aliphatic rings. The predicted molar refractivity (Wildman–Crippen MR) is 71.0 cm³/mol. The van der Waals surface area contributed by atoms with Crippen LogP contribution in [0.2, 0.25) is 0 Å². The topological polar surface area (TPSA) is 70.8 Å². The van der Waals surface area contributed by atoms with Crippen molar-refractivity contribution >= 4 is 11.9 Å². The van der Waals surface area contributed by atoms with E-state index in [9.17, 15) is 14.7 Å².